The maximum Gasteiger partial charge on any atom is 0.220 e. The van der Waals surface area contributed by atoms with E-state index in [1.165, 1.54) is 0 Å². The van der Waals surface area contributed by atoms with Gasteiger partial charge in [0.2, 0.25) is 5.91 Å². The number of rotatable bonds is 8. The Balaban J connectivity index is 2.47. The van der Waals surface area contributed by atoms with Crippen LogP contribution in [-0.2, 0) is 11.2 Å². The molecule has 1 aromatic carbocycles. The molecule has 0 heterocycles. The van der Waals surface area contributed by atoms with Gasteiger partial charge in [0.15, 0.2) is 11.5 Å². The molecule has 0 saturated carbocycles. The molecule has 0 aliphatic heterocycles. The van der Waals surface area contributed by atoms with Crippen LogP contribution < -0.4 is 14.8 Å². The fourth-order valence-corrected chi connectivity index (χ4v) is 1.69. The molecule has 0 bridgehead atoms. The quantitative estimate of drug-likeness (QED) is 0.693. The minimum absolute atomic E-state index is 0.0109. The number of aryl methyl sites for hydroxylation is 1. The first-order chi connectivity index (χ1) is 9.21. The van der Waals surface area contributed by atoms with Gasteiger partial charge in [-0.1, -0.05) is 6.07 Å². The van der Waals surface area contributed by atoms with E-state index in [0.29, 0.717) is 37.3 Å². The summed E-state index contributed by atoms with van der Waals surface area (Å²) in [5, 5.41) is 11.4. The van der Waals surface area contributed by atoms with Gasteiger partial charge in [0.05, 0.1) is 14.2 Å². The normalized spacial score (nSPS) is 10.1. The lowest BCUT2D eigenvalue weighted by atomic mass is 10.1. The fraction of sp³-hybridized carbons (Fsp3) is 0.500. The minimum Gasteiger partial charge on any atom is -0.493 e. The predicted molar refractivity (Wildman–Crippen MR) is 72.6 cm³/mol. The first-order valence-electron chi connectivity index (χ1n) is 6.29. The van der Waals surface area contributed by atoms with Crippen LogP contribution in [0.4, 0.5) is 0 Å². The number of ether oxygens (including phenoxy) is 2. The predicted octanol–water partition coefficient (Wildman–Crippen LogP) is 1.13. The largest absolute Gasteiger partial charge is 0.493 e. The Kier molecular flexibility index (Phi) is 6.74. The topological polar surface area (TPSA) is 67.8 Å². The van der Waals surface area contributed by atoms with Crippen molar-refractivity contribution in [1.82, 2.24) is 5.32 Å². The average Bonchev–Trinajstić information content (AvgIpc) is 2.45. The highest BCUT2D eigenvalue weighted by atomic mass is 16.5. The Hall–Kier alpha value is -1.75. The van der Waals surface area contributed by atoms with Gasteiger partial charge >= 0.3 is 0 Å². The number of methoxy groups -OCH3 is 2. The van der Waals surface area contributed by atoms with Crippen LogP contribution in [0.15, 0.2) is 18.2 Å². The van der Waals surface area contributed by atoms with E-state index >= 15 is 0 Å². The molecule has 0 spiro atoms. The summed E-state index contributed by atoms with van der Waals surface area (Å²) in [5.41, 5.74) is 1.02. The number of carbonyl (C=O) groups excluding carboxylic acids is 1. The second-order valence-electron chi connectivity index (χ2n) is 4.12. The zero-order valence-electron chi connectivity index (χ0n) is 11.4. The molecule has 0 unspecified atom stereocenters. The molecule has 1 amide bonds. The van der Waals surface area contributed by atoms with E-state index in [9.17, 15) is 4.79 Å². The van der Waals surface area contributed by atoms with Crippen molar-refractivity contribution in [3.8, 4) is 11.5 Å². The summed E-state index contributed by atoms with van der Waals surface area (Å²) in [5.74, 6) is 1.34. The molecule has 0 aliphatic carbocycles. The molecule has 0 atom stereocenters. The van der Waals surface area contributed by atoms with E-state index in [1.807, 2.05) is 18.2 Å². The van der Waals surface area contributed by atoms with E-state index in [4.69, 9.17) is 14.6 Å². The van der Waals surface area contributed by atoms with Gasteiger partial charge in [0.1, 0.15) is 0 Å². The summed E-state index contributed by atoms with van der Waals surface area (Å²) in [7, 11) is 3.18. The summed E-state index contributed by atoms with van der Waals surface area (Å²) in [6.45, 7) is 0.608. The van der Waals surface area contributed by atoms with Crippen molar-refractivity contribution in [3.05, 3.63) is 23.8 Å². The monoisotopic (exact) mass is 267 g/mol. The zero-order chi connectivity index (χ0) is 14.1. The van der Waals surface area contributed by atoms with Gasteiger partial charge in [-0.2, -0.15) is 0 Å². The summed E-state index contributed by atoms with van der Waals surface area (Å²) in [6, 6.07) is 5.63. The maximum absolute atomic E-state index is 11.5. The molecule has 5 heteroatoms. The van der Waals surface area contributed by atoms with Gasteiger partial charge in [0, 0.05) is 19.6 Å². The standard InChI is InChI=1S/C14H21NO4/c1-18-12-6-4-11(10-13(12)19-2)5-7-14(17)15-8-3-9-16/h4,6,10,16H,3,5,7-9H2,1-2H3,(H,15,17). The highest BCUT2D eigenvalue weighted by Crippen LogP contribution is 2.27. The van der Waals surface area contributed by atoms with Crippen LogP contribution in [0.25, 0.3) is 0 Å². The average molecular weight is 267 g/mol. The summed E-state index contributed by atoms with van der Waals surface area (Å²) in [4.78, 5) is 11.5. The summed E-state index contributed by atoms with van der Waals surface area (Å²) >= 11 is 0. The summed E-state index contributed by atoms with van der Waals surface area (Å²) < 4.78 is 10.4. The van der Waals surface area contributed by atoms with Crippen LogP contribution in [0.1, 0.15) is 18.4 Å². The lowest BCUT2D eigenvalue weighted by Gasteiger charge is -2.09. The molecule has 0 saturated heterocycles. The smallest absolute Gasteiger partial charge is 0.220 e. The molecule has 2 N–H and O–H groups in total. The molecular formula is C14H21NO4. The molecule has 1 rings (SSSR count). The van der Waals surface area contributed by atoms with Crippen LogP contribution in [0, 0.1) is 0 Å². The number of carbonyl (C=O) groups is 1. The van der Waals surface area contributed by atoms with E-state index in [0.717, 1.165) is 5.56 Å². The number of hydrogen-bond acceptors (Lipinski definition) is 4. The summed E-state index contributed by atoms with van der Waals surface area (Å²) in [6.07, 6.45) is 1.65. The van der Waals surface area contributed by atoms with Gasteiger partial charge in [0.25, 0.3) is 0 Å². The second-order valence-corrected chi connectivity index (χ2v) is 4.12. The molecule has 1 aromatic rings. The van der Waals surface area contributed by atoms with Gasteiger partial charge in [-0.25, -0.2) is 0 Å². The van der Waals surface area contributed by atoms with Gasteiger partial charge in [-0.15, -0.1) is 0 Å². The maximum atomic E-state index is 11.5. The first-order valence-corrected chi connectivity index (χ1v) is 6.29. The molecule has 106 valence electrons. The van der Waals surface area contributed by atoms with E-state index in [1.54, 1.807) is 14.2 Å². The Morgan fingerprint density at radius 3 is 2.63 bits per heavy atom. The Labute approximate surface area is 113 Å². The van der Waals surface area contributed by atoms with Crippen LogP contribution in [0.2, 0.25) is 0 Å². The third kappa shape index (κ3) is 5.18. The van der Waals surface area contributed by atoms with Gasteiger partial charge in [-0.05, 0) is 30.5 Å². The fourth-order valence-electron chi connectivity index (χ4n) is 1.69. The molecule has 0 aromatic heterocycles. The highest BCUT2D eigenvalue weighted by molar-refractivity contribution is 5.76. The second kappa shape index (κ2) is 8.37. The lowest BCUT2D eigenvalue weighted by Crippen LogP contribution is -2.25. The van der Waals surface area contributed by atoms with E-state index < -0.39 is 0 Å². The van der Waals surface area contributed by atoms with E-state index in [2.05, 4.69) is 5.32 Å². The van der Waals surface area contributed by atoms with Crippen LogP contribution in [0.5, 0.6) is 11.5 Å². The van der Waals surface area contributed by atoms with Crippen molar-refractivity contribution >= 4 is 5.91 Å². The van der Waals surface area contributed by atoms with Crippen LogP contribution in [-0.4, -0.2) is 38.4 Å². The van der Waals surface area contributed by atoms with Crippen molar-refractivity contribution < 1.29 is 19.4 Å². The Bertz CT molecular complexity index is 406. The van der Waals surface area contributed by atoms with E-state index in [-0.39, 0.29) is 12.5 Å². The van der Waals surface area contributed by atoms with Gasteiger partial charge in [-0.3, -0.25) is 4.79 Å². The molecule has 19 heavy (non-hydrogen) atoms. The van der Waals surface area contributed by atoms with Crippen molar-refractivity contribution in [3.63, 3.8) is 0 Å². The zero-order valence-corrected chi connectivity index (χ0v) is 11.4. The minimum atomic E-state index is -0.0109. The number of benzene rings is 1. The number of nitrogens with one attached hydrogen (secondary N) is 1. The Morgan fingerprint density at radius 2 is 2.00 bits per heavy atom. The third-order valence-electron chi connectivity index (χ3n) is 2.75. The Morgan fingerprint density at radius 1 is 1.26 bits per heavy atom. The molecular weight excluding hydrogens is 246 g/mol. The number of aliphatic hydroxyl groups excluding tert-OH is 1. The van der Waals surface area contributed by atoms with Crippen molar-refractivity contribution in [2.24, 2.45) is 0 Å². The molecule has 0 fully saturated rings. The van der Waals surface area contributed by atoms with Crippen molar-refractivity contribution in [2.45, 2.75) is 19.3 Å². The van der Waals surface area contributed by atoms with Gasteiger partial charge < -0.3 is 19.9 Å². The molecule has 0 radical (unpaired) electrons. The van der Waals surface area contributed by atoms with Crippen molar-refractivity contribution in [2.75, 3.05) is 27.4 Å². The van der Waals surface area contributed by atoms with Crippen molar-refractivity contribution in [1.29, 1.82) is 0 Å². The molecule has 5 nitrogen and oxygen atoms in total. The van der Waals surface area contributed by atoms with Crippen LogP contribution >= 0.6 is 0 Å². The number of amides is 1. The third-order valence-corrected chi connectivity index (χ3v) is 2.75. The number of hydrogen-bond donors (Lipinski definition) is 2. The van der Waals surface area contributed by atoms with Crippen LogP contribution in [0.3, 0.4) is 0 Å². The SMILES string of the molecule is COc1ccc(CCC(=O)NCCCO)cc1OC. The first kappa shape index (κ1) is 15.3. The highest BCUT2D eigenvalue weighted by Gasteiger charge is 2.06. The lowest BCUT2D eigenvalue weighted by molar-refractivity contribution is -0.121. The number of aliphatic hydroxyl groups is 1. The molecule has 0 aliphatic rings.